The highest BCUT2D eigenvalue weighted by Crippen LogP contribution is 2.65. The maximum absolute atomic E-state index is 13.6. The van der Waals surface area contributed by atoms with Gasteiger partial charge in [-0.3, -0.25) is 9.59 Å². The molecule has 5 nitrogen and oxygen atoms in total. The summed E-state index contributed by atoms with van der Waals surface area (Å²) in [6.07, 6.45) is 5.67. The molecule has 6 rings (SSSR count). The third-order valence-corrected chi connectivity index (χ3v) is 16.8. The van der Waals surface area contributed by atoms with Crippen LogP contribution in [0.15, 0.2) is 47.6 Å². The fraction of sp³-hybridized carbons (Fsp3) is 0.657. The van der Waals surface area contributed by atoms with Crippen LogP contribution in [0.3, 0.4) is 0 Å². The van der Waals surface area contributed by atoms with Crippen LogP contribution in [0.5, 0.6) is 0 Å². The SMILES string of the molecule is CC[C@H]1[C@@H]2CC3=C(C)[C@@H](c4ccc(CO[Si](C)(C)C(C)(C)C)cc4)C[C@@H]3O[C@@H]2[C@@H]2OC(=O)[C@]3(C)C=CC(=O)[C@@]1(C)[C@@H]23. The van der Waals surface area contributed by atoms with Gasteiger partial charge in [0.2, 0.25) is 0 Å². The fourth-order valence-corrected chi connectivity index (χ4v) is 9.81. The zero-order chi connectivity index (χ0) is 29.7. The van der Waals surface area contributed by atoms with Crippen molar-refractivity contribution in [3.05, 3.63) is 58.7 Å². The average Bonchev–Trinajstić information content (AvgIpc) is 3.38. The van der Waals surface area contributed by atoms with E-state index in [1.807, 2.05) is 13.0 Å². The monoisotopic (exact) mass is 576 g/mol. The predicted octanol–water partition coefficient (Wildman–Crippen LogP) is 7.52. The van der Waals surface area contributed by atoms with Crippen molar-refractivity contribution in [2.75, 3.05) is 0 Å². The number of allylic oxidation sites excluding steroid dienone is 2. The van der Waals surface area contributed by atoms with E-state index in [0.29, 0.717) is 12.5 Å². The van der Waals surface area contributed by atoms with Crippen molar-refractivity contribution in [2.45, 2.75) is 117 Å². The molecule has 0 amide bonds. The zero-order valence-corrected chi connectivity index (χ0v) is 27.4. The number of ether oxygens (including phenoxy) is 2. The first-order chi connectivity index (χ1) is 19.1. The van der Waals surface area contributed by atoms with Gasteiger partial charge in [-0.25, -0.2) is 0 Å². The fourth-order valence-electron chi connectivity index (χ4n) is 8.85. The third-order valence-electron chi connectivity index (χ3n) is 12.3. The van der Waals surface area contributed by atoms with Crippen molar-refractivity contribution in [1.82, 2.24) is 0 Å². The zero-order valence-electron chi connectivity index (χ0n) is 26.4. The van der Waals surface area contributed by atoms with E-state index < -0.39 is 19.1 Å². The Balaban J connectivity index is 1.25. The van der Waals surface area contributed by atoms with Gasteiger partial charge in [0.25, 0.3) is 0 Å². The van der Waals surface area contributed by atoms with Crippen LogP contribution in [0.1, 0.15) is 84.8 Å². The summed E-state index contributed by atoms with van der Waals surface area (Å²) in [6, 6.07) is 8.98. The van der Waals surface area contributed by atoms with Crippen molar-refractivity contribution in [2.24, 2.45) is 28.6 Å². The molecule has 0 N–H and O–H groups in total. The Morgan fingerprint density at radius 3 is 2.39 bits per heavy atom. The summed E-state index contributed by atoms with van der Waals surface area (Å²) < 4.78 is 19.6. The highest BCUT2D eigenvalue weighted by Gasteiger charge is 2.72. The van der Waals surface area contributed by atoms with E-state index in [-0.39, 0.29) is 52.9 Å². The van der Waals surface area contributed by atoms with E-state index in [9.17, 15) is 9.59 Å². The number of fused-ring (bicyclic) bond motifs is 3. The second kappa shape index (κ2) is 9.49. The summed E-state index contributed by atoms with van der Waals surface area (Å²) in [5.41, 5.74) is 3.94. The summed E-state index contributed by atoms with van der Waals surface area (Å²) in [4.78, 5) is 26.8. The molecule has 1 aromatic carbocycles. The third kappa shape index (κ3) is 4.14. The van der Waals surface area contributed by atoms with E-state index in [1.165, 1.54) is 22.3 Å². The van der Waals surface area contributed by atoms with Gasteiger partial charge in [-0.05, 0) is 79.4 Å². The lowest BCUT2D eigenvalue weighted by Gasteiger charge is -2.58. The molecule has 3 fully saturated rings. The number of ketones is 1. The first-order valence-corrected chi connectivity index (χ1v) is 18.6. The summed E-state index contributed by atoms with van der Waals surface area (Å²) in [5.74, 6) is 0.357. The van der Waals surface area contributed by atoms with Crippen LogP contribution in [0.4, 0.5) is 0 Å². The Morgan fingerprint density at radius 2 is 1.76 bits per heavy atom. The Morgan fingerprint density at radius 1 is 1.07 bits per heavy atom. The van der Waals surface area contributed by atoms with Crippen molar-refractivity contribution in [3.63, 3.8) is 0 Å². The minimum atomic E-state index is -1.80. The molecule has 0 unspecified atom stereocenters. The molecule has 0 aromatic heterocycles. The molecular weight excluding hydrogens is 528 g/mol. The first kappa shape index (κ1) is 29.1. The maximum atomic E-state index is 13.6. The molecule has 6 heteroatoms. The van der Waals surface area contributed by atoms with Gasteiger partial charge in [0, 0.05) is 17.3 Å². The molecule has 9 atom stereocenters. The average molecular weight is 577 g/mol. The van der Waals surface area contributed by atoms with Crippen molar-refractivity contribution in [3.8, 4) is 0 Å². The molecule has 2 heterocycles. The molecule has 0 bridgehead atoms. The van der Waals surface area contributed by atoms with Gasteiger partial charge in [-0.1, -0.05) is 77.0 Å². The van der Waals surface area contributed by atoms with Crippen molar-refractivity contribution in [1.29, 1.82) is 0 Å². The van der Waals surface area contributed by atoms with E-state index >= 15 is 0 Å². The topological polar surface area (TPSA) is 61.8 Å². The van der Waals surface area contributed by atoms with Crippen LogP contribution in [-0.4, -0.2) is 38.4 Å². The molecule has 0 spiro atoms. The number of benzene rings is 1. The number of carbonyl (C=O) groups is 2. The minimum Gasteiger partial charge on any atom is -0.459 e. The molecule has 41 heavy (non-hydrogen) atoms. The standard InChI is InChI=1S/C35H48O5Si/c1-10-26-25-17-24-20(2)23(22-13-11-21(12-14-22)19-38-41(8,9)33(3,4)5)18-27(24)39-29(25)30-31-34(6,32(37)40-30)16-15-28(36)35(26,31)7/h11-16,23,25-27,29-31H,10,17-19H2,1-9H3/t23-,25-,26-,27-,29-,30-,31-,34+,35-/m0/s1. The van der Waals surface area contributed by atoms with E-state index in [0.717, 1.165) is 19.3 Å². The minimum absolute atomic E-state index is 0.0325. The molecule has 2 aliphatic heterocycles. The highest BCUT2D eigenvalue weighted by molar-refractivity contribution is 6.74. The molecule has 2 saturated heterocycles. The Bertz CT molecular complexity index is 1320. The van der Waals surface area contributed by atoms with Gasteiger partial charge >= 0.3 is 5.97 Å². The summed E-state index contributed by atoms with van der Waals surface area (Å²) in [5, 5.41) is 0.193. The molecule has 3 aliphatic carbocycles. The van der Waals surface area contributed by atoms with E-state index in [1.54, 1.807) is 6.08 Å². The maximum Gasteiger partial charge on any atom is 0.316 e. The summed E-state index contributed by atoms with van der Waals surface area (Å²) in [6.45, 7) is 20.6. The summed E-state index contributed by atoms with van der Waals surface area (Å²) >= 11 is 0. The van der Waals surface area contributed by atoms with Crippen LogP contribution < -0.4 is 0 Å². The van der Waals surface area contributed by atoms with E-state index in [2.05, 4.69) is 78.9 Å². The number of carbonyl (C=O) groups excluding carboxylic acids is 2. The number of hydrogen-bond donors (Lipinski definition) is 0. The van der Waals surface area contributed by atoms with Crippen LogP contribution in [-0.2, 0) is 30.1 Å². The number of rotatable bonds is 5. The van der Waals surface area contributed by atoms with Crippen LogP contribution in [0.25, 0.3) is 0 Å². The molecule has 1 saturated carbocycles. The van der Waals surface area contributed by atoms with Crippen molar-refractivity contribution < 1.29 is 23.5 Å². The van der Waals surface area contributed by atoms with Gasteiger partial charge in [-0.2, -0.15) is 0 Å². The molecular formula is C35H48O5Si. The van der Waals surface area contributed by atoms with E-state index in [4.69, 9.17) is 13.9 Å². The van der Waals surface area contributed by atoms with Crippen LogP contribution in [0, 0.1) is 28.6 Å². The van der Waals surface area contributed by atoms with Gasteiger partial charge in [0.15, 0.2) is 14.1 Å². The molecule has 222 valence electrons. The number of esters is 1. The Labute approximate surface area is 247 Å². The largest absolute Gasteiger partial charge is 0.459 e. The first-order valence-electron chi connectivity index (χ1n) is 15.7. The van der Waals surface area contributed by atoms with Crippen LogP contribution in [0.2, 0.25) is 18.1 Å². The second-order valence-corrected chi connectivity index (χ2v) is 20.2. The molecule has 5 aliphatic rings. The predicted molar refractivity (Wildman–Crippen MR) is 163 cm³/mol. The Kier molecular flexibility index (Phi) is 6.73. The summed E-state index contributed by atoms with van der Waals surface area (Å²) in [7, 11) is -1.80. The highest BCUT2D eigenvalue weighted by atomic mass is 28.4. The lowest BCUT2D eigenvalue weighted by molar-refractivity contribution is -0.202. The van der Waals surface area contributed by atoms with Crippen molar-refractivity contribution >= 4 is 20.1 Å². The van der Waals surface area contributed by atoms with Crippen LogP contribution >= 0.6 is 0 Å². The quantitative estimate of drug-likeness (QED) is 0.206. The molecule has 0 radical (unpaired) electrons. The normalized spacial score (nSPS) is 39.9. The Hall–Kier alpha value is -2.02. The van der Waals surface area contributed by atoms with Gasteiger partial charge in [0.1, 0.15) is 6.10 Å². The van der Waals surface area contributed by atoms with Gasteiger partial charge in [-0.15, -0.1) is 0 Å². The lowest BCUT2D eigenvalue weighted by Crippen LogP contribution is -2.64. The molecule has 1 aromatic rings. The lowest BCUT2D eigenvalue weighted by atomic mass is 9.45. The smallest absolute Gasteiger partial charge is 0.316 e. The second-order valence-electron chi connectivity index (χ2n) is 15.4. The number of hydrogen-bond acceptors (Lipinski definition) is 5. The van der Waals surface area contributed by atoms with Gasteiger partial charge in [0.05, 0.1) is 24.2 Å². The van der Waals surface area contributed by atoms with Gasteiger partial charge < -0.3 is 13.9 Å².